The largest absolute Gasteiger partial charge is 0.545 e. The van der Waals surface area contributed by atoms with E-state index >= 15 is 0 Å². The van der Waals surface area contributed by atoms with Crippen molar-refractivity contribution < 1.29 is 19.1 Å². The fourth-order valence-corrected chi connectivity index (χ4v) is 2.07. The van der Waals surface area contributed by atoms with Gasteiger partial charge in [-0.05, 0) is 57.5 Å². The van der Waals surface area contributed by atoms with E-state index in [-0.39, 0.29) is 5.56 Å². The molecule has 1 aromatic carbocycles. The molecule has 0 amide bonds. The Morgan fingerprint density at radius 3 is 1.60 bits per heavy atom. The zero-order chi connectivity index (χ0) is 15.6. The number of carboxylic acids is 1. The number of nitrogens with zero attached hydrogens (tertiary/aromatic N) is 1. The first-order valence-electron chi connectivity index (χ1n) is 7.19. The van der Waals surface area contributed by atoms with Gasteiger partial charge in [0.2, 0.25) is 0 Å². The zero-order valence-corrected chi connectivity index (χ0v) is 13.3. The van der Waals surface area contributed by atoms with Crippen LogP contribution >= 0.6 is 0 Å². The molecule has 0 N–H and O–H groups in total. The second-order valence-electron chi connectivity index (χ2n) is 4.62. The van der Waals surface area contributed by atoms with Crippen molar-refractivity contribution in [3.05, 3.63) is 29.8 Å². The van der Waals surface area contributed by atoms with E-state index in [4.69, 9.17) is 4.74 Å². The lowest BCUT2D eigenvalue weighted by Crippen LogP contribution is -2.47. The van der Waals surface area contributed by atoms with Gasteiger partial charge in [0.15, 0.2) is 0 Å². The van der Waals surface area contributed by atoms with Crippen LogP contribution in [0.3, 0.4) is 0 Å². The Labute approximate surface area is 122 Å². The molecule has 4 nitrogen and oxygen atoms in total. The number of ether oxygens (including phenoxy) is 1. The summed E-state index contributed by atoms with van der Waals surface area (Å²) < 4.78 is 6.11. The number of aromatic carboxylic acids is 1. The summed E-state index contributed by atoms with van der Waals surface area (Å²) in [5, 5.41) is 10.2. The molecule has 0 saturated carbocycles. The number of rotatable bonds is 6. The van der Waals surface area contributed by atoms with E-state index in [0.717, 1.165) is 0 Å². The predicted molar refractivity (Wildman–Crippen MR) is 79.7 cm³/mol. The maximum absolute atomic E-state index is 10.2. The Bertz CT molecular complexity index is 366. The molecule has 0 saturated heterocycles. The molecule has 4 heteroatoms. The van der Waals surface area contributed by atoms with Gasteiger partial charge in [0.25, 0.3) is 0 Å². The first-order chi connectivity index (χ1) is 9.48. The van der Waals surface area contributed by atoms with Crippen LogP contribution in [0, 0.1) is 0 Å². The Morgan fingerprint density at radius 2 is 1.40 bits per heavy atom. The fraction of sp³-hybridized carbons (Fsp3) is 0.562. The van der Waals surface area contributed by atoms with E-state index in [2.05, 4.69) is 27.7 Å². The molecule has 0 aliphatic rings. The van der Waals surface area contributed by atoms with Crippen molar-refractivity contribution in [2.75, 3.05) is 33.3 Å². The van der Waals surface area contributed by atoms with Crippen molar-refractivity contribution in [2.45, 2.75) is 27.7 Å². The van der Waals surface area contributed by atoms with Crippen molar-refractivity contribution >= 4 is 5.97 Å². The third-order valence-corrected chi connectivity index (χ3v) is 4.01. The highest BCUT2D eigenvalue weighted by atomic mass is 16.5. The van der Waals surface area contributed by atoms with Crippen LogP contribution in [-0.2, 0) is 0 Å². The van der Waals surface area contributed by atoms with Gasteiger partial charge in [-0.25, -0.2) is 0 Å². The van der Waals surface area contributed by atoms with Crippen LogP contribution in [-0.4, -0.2) is 43.7 Å². The number of quaternary nitrogens is 1. The Hall–Kier alpha value is -1.55. The number of methoxy groups -OCH3 is 1. The lowest BCUT2D eigenvalue weighted by molar-refractivity contribution is -0.921. The molecule has 0 aliphatic carbocycles. The average molecular weight is 281 g/mol. The normalized spacial score (nSPS) is 10.4. The molecule has 0 aliphatic heterocycles. The highest BCUT2D eigenvalue weighted by molar-refractivity contribution is 5.85. The predicted octanol–water partition coefficient (Wildman–Crippen LogP) is 1.94. The molecule has 0 bridgehead atoms. The summed E-state index contributed by atoms with van der Waals surface area (Å²) in [4.78, 5) is 10.2. The number of carboxylic acid groups (broad SMARTS) is 1. The van der Waals surface area contributed by atoms with Crippen molar-refractivity contribution in [3.8, 4) is 5.75 Å². The summed E-state index contributed by atoms with van der Waals surface area (Å²) in [7, 11) is 1.52. The SMILES string of the molecule is CC[N+](CC)(CC)CC.COc1ccc(C(=O)[O-])cc1. The van der Waals surface area contributed by atoms with Gasteiger partial charge in [0, 0.05) is 0 Å². The van der Waals surface area contributed by atoms with Crippen LogP contribution in [0.5, 0.6) is 5.75 Å². The lowest BCUT2D eigenvalue weighted by atomic mass is 10.2. The number of hydrogen-bond donors (Lipinski definition) is 0. The van der Waals surface area contributed by atoms with Gasteiger partial charge in [0.1, 0.15) is 5.75 Å². The smallest absolute Gasteiger partial charge is 0.118 e. The fourth-order valence-electron chi connectivity index (χ4n) is 2.07. The number of carbonyl (C=O) groups is 1. The molecular weight excluding hydrogens is 254 g/mol. The number of carbonyl (C=O) groups excluding carboxylic acids is 1. The summed E-state index contributed by atoms with van der Waals surface area (Å²) in [5.74, 6) is -0.539. The Balaban J connectivity index is 0.000000370. The molecule has 114 valence electrons. The van der Waals surface area contributed by atoms with Crippen LogP contribution in [0.2, 0.25) is 0 Å². The van der Waals surface area contributed by atoms with Crippen LogP contribution < -0.4 is 9.84 Å². The van der Waals surface area contributed by atoms with Gasteiger partial charge >= 0.3 is 0 Å². The van der Waals surface area contributed by atoms with Crippen molar-refractivity contribution in [3.63, 3.8) is 0 Å². The minimum absolute atomic E-state index is 0.158. The van der Waals surface area contributed by atoms with Gasteiger partial charge in [-0.2, -0.15) is 0 Å². The molecular formula is C16H27NO3. The molecule has 0 heterocycles. The molecule has 1 aromatic rings. The van der Waals surface area contributed by atoms with E-state index in [0.29, 0.717) is 5.75 Å². The van der Waals surface area contributed by atoms with Crippen molar-refractivity contribution in [1.29, 1.82) is 0 Å². The van der Waals surface area contributed by atoms with Gasteiger partial charge in [-0.3, -0.25) is 0 Å². The van der Waals surface area contributed by atoms with E-state index in [9.17, 15) is 9.90 Å². The number of benzene rings is 1. The Morgan fingerprint density at radius 1 is 1.00 bits per heavy atom. The van der Waals surface area contributed by atoms with E-state index in [1.54, 1.807) is 12.1 Å². The van der Waals surface area contributed by atoms with Crippen molar-refractivity contribution in [2.24, 2.45) is 0 Å². The molecule has 0 aromatic heterocycles. The minimum Gasteiger partial charge on any atom is -0.545 e. The molecule has 0 radical (unpaired) electrons. The molecule has 0 unspecified atom stereocenters. The lowest BCUT2D eigenvalue weighted by Gasteiger charge is -2.34. The maximum atomic E-state index is 10.2. The Kier molecular flexibility index (Phi) is 8.64. The monoisotopic (exact) mass is 281 g/mol. The topological polar surface area (TPSA) is 49.4 Å². The quantitative estimate of drug-likeness (QED) is 0.749. The van der Waals surface area contributed by atoms with Crippen molar-refractivity contribution in [1.82, 2.24) is 0 Å². The van der Waals surface area contributed by atoms with Crippen LogP contribution in [0.25, 0.3) is 0 Å². The van der Waals surface area contributed by atoms with E-state index in [1.807, 2.05) is 0 Å². The summed E-state index contributed by atoms with van der Waals surface area (Å²) >= 11 is 0. The standard InChI is InChI=1S/C8H20N.C8H8O3/c1-5-9(6-2,7-3)8-4;1-11-7-4-2-6(3-5-7)8(9)10/h5-8H2,1-4H3;2-5H,1H3,(H,9,10)/q+1;/p-1. The summed E-state index contributed by atoms with van der Waals surface area (Å²) in [6.07, 6.45) is 0. The molecule has 20 heavy (non-hydrogen) atoms. The highest BCUT2D eigenvalue weighted by Crippen LogP contribution is 2.10. The summed E-state index contributed by atoms with van der Waals surface area (Å²) in [6.45, 7) is 14.2. The second kappa shape index (κ2) is 9.37. The maximum Gasteiger partial charge on any atom is 0.118 e. The summed E-state index contributed by atoms with van der Waals surface area (Å²) in [5.41, 5.74) is 0.158. The second-order valence-corrected chi connectivity index (χ2v) is 4.62. The van der Waals surface area contributed by atoms with Gasteiger partial charge in [-0.15, -0.1) is 0 Å². The number of hydrogen-bond acceptors (Lipinski definition) is 3. The third-order valence-electron chi connectivity index (χ3n) is 4.01. The van der Waals surface area contributed by atoms with Gasteiger partial charge in [0.05, 0.1) is 39.3 Å². The van der Waals surface area contributed by atoms with Crippen LogP contribution in [0.1, 0.15) is 38.1 Å². The van der Waals surface area contributed by atoms with E-state index in [1.165, 1.54) is 49.9 Å². The van der Waals surface area contributed by atoms with Crippen LogP contribution in [0.15, 0.2) is 24.3 Å². The first-order valence-corrected chi connectivity index (χ1v) is 7.19. The summed E-state index contributed by atoms with van der Waals surface area (Å²) in [6, 6.07) is 6.03. The van der Waals surface area contributed by atoms with Crippen LogP contribution in [0.4, 0.5) is 0 Å². The van der Waals surface area contributed by atoms with Gasteiger partial charge in [-0.1, -0.05) is 0 Å². The first kappa shape index (κ1) is 18.4. The zero-order valence-electron chi connectivity index (χ0n) is 13.3. The molecule has 1 rings (SSSR count). The molecule has 0 atom stereocenters. The molecule has 0 spiro atoms. The highest BCUT2D eigenvalue weighted by Gasteiger charge is 2.16. The minimum atomic E-state index is -1.17. The average Bonchev–Trinajstić information content (AvgIpc) is 2.51. The third kappa shape index (κ3) is 5.61. The molecule has 0 fully saturated rings. The van der Waals surface area contributed by atoms with Gasteiger partial charge < -0.3 is 19.1 Å². The van der Waals surface area contributed by atoms with E-state index < -0.39 is 5.97 Å².